The van der Waals surface area contributed by atoms with E-state index in [9.17, 15) is 13.2 Å². The Balaban J connectivity index is 2.52. The van der Waals surface area contributed by atoms with Crippen LogP contribution >= 0.6 is 23.2 Å². The summed E-state index contributed by atoms with van der Waals surface area (Å²) >= 11 is 11.3. The van der Waals surface area contributed by atoms with Crippen LogP contribution in [0.5, 0.6) is 0 Å². The van der Waals surface area contributed by atoms with Crippen molar-refractivity contribution < 1.29 is 13.2 Å². The number of alkyl halides is 3. The quantitative estimate of drug-likeness (QED) is 0.668. The van der Waals surface area contributed by atoms with Crippen molar-refractivity contribution in [3.05, 3.63) is 52.3 Å². The highest BCUT2D eigenvalue weighted by atomic mass is 35.5. The number of rotatable bonds is 1. The zero-order chi connectivity index (χ0) is 13.3. The van der Waals surface area contributed by atoms with Crippen molar-refractivity contribution in [3.8, 4) is 11.1 Å². The van der Waals surface area contributed by atoms with Gasteiger partial charge in [0.25, 0.3) is 0 Å². The van der Waals surface area contributed by atoms with E-state index in [0.717, 1.165) is 6.07 Å². The van der Waals surface area contributed by atoms with E-state index in [-0.39, 0.29) is 5.15 Å². The first-order valence-corrected chi connectivity index (χ1v) is 5.62. The van der Waals surface area contributed by atoms with Crippen LogP contribution in [0.1, 0.15) is 5.69 Å². The molecule has 94 valence electrons. The normalized spacial score (nSPS) is 11.6. The van der Waals surface area contributed by atoms with Gasteiger partial charge in [-0.15, -0.1) is 0 Å². The van der Waals surface area contributed by atoms with Crippen molar-refractivity contribution in [2.75, 3.05) is 0 Å². The molecule has 0 spiro atoms. The molecule has 0 unspecified atom stereocenters. The van der Waals surface area contributed by atoms with Crippen LogP contribution in [-0.2, 0) is 6.18 Å². The minimum Gasteiger partial charge on any atom is -0.232 e. The van der Waals surface area contributed by atoms with Gasteiger partial charge in [-0.05, 0) is 35.4 Å². The SMILES string of the molecule is FC(F)(F)c1cc(-c2ccc(Cl)cc2)cc(Cl)n1. The number of halogens is 5. The summed E-state index contributed by atoms with van der Waals surface area (Å²) in [6, 6.07) is 8.76. The number of hydrogen-bond acceptors (Lipinski definition) is 1. The molecule has 1 nitrogen and oxygen atoms in total. The number of hydrogen-bond donors (Lipinski definition) is 0. The maximum atomic E-state index is 12.6. The predicted molar refractivity (Wildman–Crippen MR) is 64.7 cm³/mol. The van der Waals surface area contributed by atoms with Gasteiger partial charge in [-0.1, -0.05) is 35.3 Å². The van der Waals surface area contributed by atoms with Crippen LogP contribution in [0.4, 0.5) is 13.2 Å². The van der Waals surface area contributed by atoms with E-state index < -0.39 is 11.9 Å². The van der Waals surface area contributed by atoms with Gasteiger partial charge in [0, 0.05) is 5.02 Å². The predicted octanol–water partition coefficient (Wildman–Crippen LogP) is 5.07. The average molecular weight is 292 g/mol. The van der Waals surface area contributed by atoms with Crippen LogP contribution in [-0.4, -0.2) is 4.98 Å². The zero-order valence-corrected chi connectivity index (χ0v) is 10.3. The molecule has 1 heterocycles. The Morgan fingerprint density at radius 1 is 0.889 bits per heavy atom. The fourth-order valence-corrected chi connectivity index (χ4v) is 1.79. The summed E-state index contributed by atoms with van der Waals surface area (Å²) in [5, 5.41) is 0.310. The highest BCUT2D eigenvalue weighted by Crippen LogP contribution is 2.32. The van der Waals surface area contributed by atoms with Crippen molar-refractivity contribution in [2.45, 2.75) is 6.18 Å². The molecule has 0 saturated heterocycles. The second-order valence-corrected chi connectivity index (χ2v) is 4.39. The first-order chi connectivity index (χ1) is 8.36. The van der Waals surface area contributed by atoms with Gasteiger partial charge < -0.3 is 0 Å². The standard InChI is InChI=1S/C12H6Cl2F3N/c13-9-3-1-7(2-4-9)8-5-10(12(15,16)17)18-11(14)6-8/h1-6H. The maximum Gasteiger partial charge on any atom is 0.433 e. The molecule has 0 amide bonds. The molecule has 0 aliphatic carbocycles. The van der Waals surface area contributed by atoms with Crippen LogP contribution in [0.25, 0.3) is 11.1 Å². The molecule has 0 saturated carbocycles. The number of benzene rings is 1. The van der Waals surface area contributed by atoms with E-state index in [1.54, 1.807) is 24.3 Å². The minimum atomic E-state index is -4.52. The van der Waals surface area contributed by atoms with Gasteiger partial charge in [0.1, 0.15) is 10.8 Å². The molecule has 0 bridgehead atoms. The van der Waals surface area contributed by atoms with Crippen molar-refractivity contribution in [3.63, 3.8) is 0 Å². The molecule has 0 aliphatic rings. The lowest BCUT2D eigenvalue weighted by Gasteiger charge is -2.09. The second kappa shape index (κ2) is 4.78. The maximum absolute atomic E-state index is 12.6. The molecule has 18 heavy (non-hydrogen) atoms. The zero-order valence-electron chi connectivity index (χ0n) is 8.80. The van der Waals surface area contributed by atoms with E-state index >= 15 is 0 Å². The number of aromatic nitrogens is 1. The van der Waals surface area contributed by atoms with E-state index in [1.165, 1.54) is 6.07 Å². The minimum absolute atomic E-state index is 0.199. The Morgan fingerprint density at radius 3 is 2.06 bits per heavy atom. The van der Waals surface area contributed by atoms with Gasteiger partial charge in [0.2, 0.25) is 0 Å². The lowest BCUT2D eigenvalue weighted by Crippen LogP contribution is -2.08. The topological polar surface area (TPSA) is 12.9 Å². The van der Waals surface area contributed by atoms with Crippen LogP contribution < -0.4 is 0 Å². The molecule has 1 aromatic carbocycles. The van der Waals surface area contributed by atoms with E-state index in [0.29, 0.717) is 16.1 Å². The lowest BCUT2D eigenvalue weighted by atomic mass is 10.1. The van der Waals surface area contributed by atoms with Gasteiger partial charge in [-0.3, -0.25) is 0 Å². The summed E-state index contributed by atoms with van der Waals surface area (Å²) in [6.07, 6.45) is -4.52. The largest absolute Gasteiger partial charge is 0.433 e. The van der Waals surface area contributed by atoms with Crippen molar-refractivity contribution >= 4 is 23.2 Å². The van der Waals surface area contributed by atoms with Crippen LogP contribution in [0.2, 0.25) is 10.2 Å². The molecule has 1 aromatic heterocycles. The summed E-state index contributed by atoms with van der Waals surface area (Å²) in [6.45, 7) is 0. The third kappa shape index (κ3) is 2.94. The first-order valence-electron chi connectivity index (χ1n) is 4.87. The van der Waals surface area contributed by atoms with Gasteiger partial charge in [-0.25, -0.2) is 4.98 Å². The molecule has 2 rings (SSSR count). The third-order valence-corrected chi connectivity index (χ3v) is 2.71. The first kappa shape index (κ1) is 13.2. The van der Waals surface area contributed by atoms with Gasteiger partial charge in [-0.2, -0.15) is 13.2 Å². The molecular formula is C12H6Cl2F3N. The van der Waals surface area contributed by atoms with Gasteiger partial charge >= 0.3 is 6.18 Å². The summed E-state index contributed by atoms with van der Waals surface area (Å²) < 4.78 is 37.8. The summed E-state index contributed by atoms with van der Waals surface area (Å²) in [5.41, 5.74) is -0.0758. The van der Waals surface area contributed by atoms with Crippen LogP contribution in [0.15, 0.2) is 36.4 Å². The Kier molecular flexibility index (Phi) is 3.50. The lowest BCUT2D eigenvalue weighted by molar-refractivity contribution is -0.141. The molecule has 2 aromatic rings. The summed E-state index contributed by atoms with van der Waals surface area (Å²) in [4.78, 5) is 3.26. The smallest absolute Gasteiger partial charge is 0.232 e. The fourth-order valence-electron chi connectivity index (χ4n) is 1.45. The van der Waals surface area contributed by atoms with Gasteiger partial charge in [0.15, 0.2) is 0 Å². The average Bonchev–Trinajstić information content (AvgIpc) is 2.28. The Bertz CT molecular complexity index is 565. The molecule has 0 aliphatic heterocycles. The number of pyridine rings is 1. The molecule has 6 heteroatoms. The second-order valence-electron chi connectivity index (χ2n) is 3.57. The van der Waals surface area contributed by atoms with Crippen molar-refractivity contribution in [2.24, 2.45) is 0 Å². The van der Waals surface area contributed by atoms with Crippen LogP contribution in [0.3, 0.4) is 0 Å². The monoisotopic (exact) mass is 291 g/mol. The molecule has 0 atom stereocenters. The highest BCUT2D eigenvalue weighted by molar-refractivity contribution is 6.30. The Hall–Kier alpha value is -1.26. The van der Waals surface area contributed by atoms with Crippen LogP contribution in [0, 0.1) is 0 Å². The summed E-state index contributed by atoms with van der Waals surface area (Å²) in [5.74, 6) is 0. The van der Waals surface area contributed by atoms with Crippen molar-refractivity contribution in [1.29, 1.82) is 0 Å². The summed E-state index contributed by atoms with van der Waals surface area (Å²) in [7, 11) is 0. The Labute approximate surface area is 111 Å². The van der Waals surface area contributed by atoms with Gasteiger partial charge in [0.05, 0.1) is 0 Å². The molecular weight excluding hydrogens is 286 g/mol. The van der Waals surface area contributed by atoms with Crippen molar-refractivity contribution in [1.82, 2.24) is 4.98 Å². The molecule has 0 fully saturated rings. The van der Waals surface area contributed by atoms with E-state index in [2.05, 4.69) is 4.98 Å². The molecule has 0 radical (unpaired) electrons. The molecule has 0 N–H and O–H groups in total. The van der Waals surface area contributed by atoms with E-state index in [1.807, 2.05) is 0 Å². The fraction of sp³-hybridized carbons (Fsp3) is 0.0833. The number of nitrogens with zero attached hydrogens (tertiary/aromatic N) is 1. The third-order valence-electron chi connectivity index (χ3n) is 2.26. The Morgan fingerprint density at radius 2 is 1.50 bits per heavy atom. The van der Waals surface area contributed by atoms with E-state index in [4.69, 9.17) is 23.2 Å². The highest BCUT2D eigenvalue weighted by Gasteiger charge is 2.33.